The Balaban J connectivity index is 1.99. The first kappa shape index (κ1) is 20.9. The minimum Gasteiger partial charge on any atom is -0.497 e. The molecule has 28 heavy (non-hydrogen) atoms. The maximum Gasteiger partial charge on any atom is 0.330 e. The summed E-state index contributed by atoms with van der Waals surface area (Å²) in [6.07, 6.45) is -0.297. The Morgan fingerprint density at radius 1 is 1.04 bits per heavy atom. The number of ether oxygens (including phenoxy) is 2. The van der Waals surface area contributed by atoms with Gasteiger partial charge < -0.3 is 19.9 Å². The van der Waals surface area contributed by atoms with Gasteiger partial charge in [0.1, 0.15) is 5.75 Å². The molecule has 0 saturated heterocycles. The van der Waals surface area contributed by atoms with Crippen molar-refractivity contribution in [3.05, 3.63) is 59.4 Å². The second kappa shape index (κ2) is 9.50. The average molecular weight is 389 g/mol. The number of benzene rings is 2. The Morgan fingerprint density at radius 3 is 2.25 bits per heavy atom. The van der Waals surface area contributed by atoms with Crippen LogP contribution in [0.4, 0.5) is 4.39 Å². The highest BCUT2D eigenvalue weighted by atomic mass is 19.1. The third-order valence-electron chi connectivity index (χ3n) is 4.05. The molecule has 0 spiro atoms. The summed E-state index contributed by atoms with van der Waals surface area (Å²) in [6.45, 7) is 0. The van der Waals surface area contributed by atoms with Gasteiger partial charge in [0.2, 0.25) is 5.91 Å². The fraction of sp³-hybridized carbons (Fsp3) is 0.250. The molecular weight excluding hydrogens is 369 g/mol. The highest BCUT2D eigenvalue weighted by Gasteiger charge is 2.23. The Labute approximate surface area is 161 Å². The number of ketones is 1. The molecule has 2 aromatic carbocycles. The summed E-state index contributed by atoms with van der Waals surface area (Å²) in [4.78, 5) is 35.7. The second-order valence-electron chi connectivity index (χ2n) is 5.88. The number of carboxylic acids is 1. The first-order valence-corrected chi connectivity index (χ1v) is 8.38. The highest BCUT2D eigenvalue weighted by Crippen LogP contribution is 2.22. The molecule has 0 bridgehead atoms. The zero-order valence-corrected chi connectivity index (χ0v) is 15.4. The monoisotopic (exact) mass is 389 g/mol. The summed E-state index contributed by atoms with van der Waals surface area (Å²) in [5.41, 5.74) is 0.473. The lowest BCUT2D eigenvalue weighted by molar-refractivity contribution is -0.142. The molecule has 7 nitrogen and oxygen atoms in total. The van der Waals surface area contributed by atoms with Crippen molar-refractivity contribution < 1.29 is 33.4 Å². The van der Waals surface area contributed by atoms with Gasteiger partial charge in [0.25, 0.3) is 0 Å². The molecule has 0 radical (unpaired) electrons. The van der Waals surface area contributed by atoms with E-state index in [4.69, 9.17) is 9.47 Å². The number of carbonyl (C=O) groups excluding carboxylic acids is 2. The molecule has 1 amide bonds. The van der Waals surface area contributed by atoms with Gasteiger partial charge in [0, 0.05) is 18.4 Å². The molecule has 1 unspecified atom stereocenters. The van der Waals surface area contributed by atoms with Crippen LogP contribution in [0.2, 0.25) is 0 Å². The number of Topliss-reactive ketones (excluding diaryl/α,β-unsaturated/α-hetero) is 1. The van der Waals surface area contributed by atoms with E-state index >= 15 is 0 Å². The maximum absolute atomic E-state index is 13.8. The number of amides is 1. The van der Waals surface area contributed by atoms with Crippen LogP contribution in [-0.2, 0) is 9.59 Å². The van der Waals surface area contributed by atoms with E-state index in [0.717, 1.165) is 6.07 Å². The van der Waals surface area contributed by atoms with E-state index in [1.54, 1.807) is 24.3 Å². The molecule has 8 heteroatoms. The normalized spacial score (nSPS) is 11.4. The van der Waals surface area contributed by atoms with Crippen molar-refractivity contribution in [2.75, 3.05) is 14.2 Å². The second-order valence-corrected chi connectivity index (χ2v) is 5.88. The molecule has 0 aromatic heterocycles. The Morgan fingerprint density at radius 2 is 1.71 bits per heavy atom. The van der Waals surface area contributed by atoms with Crippen LogP contribution in [0, 0.1) is 5.82 Å². The minimum atomic E-state index is -1.44. The molecule has 148 valence electrons. The van der Waals surface area contributed by atoms with E-state index < -0.39 is 23.7 Å². The largest absolute Gasteiger partial charge is 0.497 e. The summed E-state index contributed by atoms with van der Waals surface area (Å²) >= 11 is 0. The van der Waals surface area contributed by atoms with Crippen molar-refractivity contribution in [3.63, 3.8) is 0 Å². The Bertz CT molecular complexity index is 865. The van der Waals surface area contributed by atoms with Crippen molar-refractivity contribution >= 4 is 17.7 Å². The third-order valence-corrected chi connectivity index (χ3v) is 4.05. The van der Waals surface area contributed by atoms with Gasteiger partial charge >= 0.3 is 5.97 Å². The fourth-order valence-corrected chi connectivity index (χ4v) is 2.53. The summed E-state index contributed by atoms with van der Waals surface area (Å²) in [5, 5.41) is 11.7. The molecule has 2 N–H and O–H groups in total. The molecule has 0 aliphatic rings. The van der Waals surface area contributed by atoms with Crippen LogP contribution >= 0.6 is 0 Å². The molecule has 0 fully saturated rings. The molecule has 0 heterocycles. The molecule has 0 aliphatic carbocycles. The topological polar surface area (TPSA) is 102 Å². The number of halogens is 1. The third kappa shape index (κ3) is 5.29. The first-order valence-electron chi connectivity index (χ1n) is 8.38. The number of hydrogen-bond donors (Lipinski definition) is 2. The van der Waals surface area contributed by atoms with Crippen LogP contribution in [0.3, 0.4) is 0 Å². The number of nitrogens with one attached hydrogen (secondary N) is 1. The number of hydrogen-bond acceptors (Lipinski definition) is 5. The predicted molar refractivity (Wildman–Crippen MR) is 98.0 cm³/mol. The first-order chi connectivity index (χ1) is 13.3. The molecule has 2 rings (SSSR count). The number of rotatable bonds is 9. The van der Waals surface area contributed by atoms with Gasteiger partial charge in [-0.3, -0.25) is 9.59 Å². The molecule has 0 aliphatic heterocycles. The Kier molecular flexibility index (Phi) is 7.08. The zero-order valence-electron chi connectivity index (χ0n) is 15.4. The van der Waals surface area contributed by atoms with Crippen LogP contribution in [-0.4, -0.2) is 37.0 Å². The average Bonchev–Trinajstić information content (AvgIpc) is 2.70. The van der Waals surface area contributed by atoms with Crippen LogP contribution in [0.15, 0.2) is 42.5 Å². The van der Waals surface area contributed by atoms with Crippen molar-refractivity contribution in [1.29, 1.82) is 0 Å². The molecular formula is C20H20FNO6. The lowest BCUT2D eigenvalue weighted by atomic mass is 10.0. The smallest absolute Gasteiger partial charge is 0.330 e. The van der Waals surface area contributed by atoms with Crippen molar-refractivity contribution in [3.8, 4) is 11.5 Å². The number of carboxylic acid groups (broad SMARTS) is 1. The fourth-order valence-electron chi connectivity index (χ4n) is 2.53. The van der Waals surface area contributed by atoms with Crippen LogP contribution in [0.5, 0.6) is 11.5 Å². The quantitative estimate of drug-likeness (QED) is 0.640. The van der Waals surface area contributed by atoms with Gasteiger partial charge in [-0.15, -0.1) is 0 Å². The lowest BCUT2D eigenvalue weighted by Gasteiger charge is -2.15. The van der Waals surface area contributed by atoms with Gasteiger partial charge in [-0.1, -0.05) is 6.07 Å². The van der Waals surface area contributed by atoms with Gasteiger partial charge in [-0.2, -0.15) is 0 Å². The van der Waals surface area contributed by atoms with Gasteiger partial charge in [-0.25, -0.2) is 9.18 Å². The summed E-state index contributed by atoms with van der Waals surface area (Å²) in [7, 11) is 2.79. The van der Waals surface area contributed by atoms with E-state index in [1.807, 2.05) is 0 Å². The molecule has 0 saturated carbocycles. The molecule has 2 aromatic rings. The van der Waals surface area contributed by atoms with Gasteiger partial charge in [-0.05, 0) is 42.0 Å². The van der Waals surface area contributed by atoms with Gasteiger partial charge in [0.15, 0.2) is 23.4 Å². The number of aliphatic carboxylic acids is 1. The number of carbonyl (C=O) groups is 3. The SMILES string of the molecule is COc1ccc(C(=O)CCC(=O)NC(C(=O)O)c2ccc(OC)c(F)c2)cc1. The minimum absolute atomic E-state index is 0.0377. The Hall–Kier alpha value is -3.42. The van der Waals surface area contributed by atoms with E-state index in [1.165, 1.54) is 26.4 Å². The van der Waals surface area contributed by atoms with E-state index in [-0.39, 0.29) is 29.9 Å². The molecule has 1 atom stereocenters. The summed E-state index contributed by atoms with van der Waals surface area (Å²) in [6, 6.07) is 8.60. The van der Waals surface area contributed by atoms with Crippen molar-refractivity contribution in [2.45, 2.75) is 18.9 Å². The standard InChI is InChI=1S/C20H20FNO6/c1-27-14-6-3-12(4-7-14)16(23)8-10-18(24)22-19(20(25)26)13-5-9-17(28-2)15(21)11-13/h3-7,9,11,19H,8,10H2,1-2H3,(H,22,24)(H,25,26). The lowest BCUT2D eigenvalue weighted by Crippen LogP contribution is -2.34. The van der Waals surface area contributed by atoms with E-state index in [2.05, 4.69) is 5.32 Å². The predicted octanol–water partition coefficient (Wildman–Crippen LogP) is 2.75. The van der Waals surface area contributed by atoms with Gasteiger partial charge in [0.05, 0.1) is 14.2 Å². The number of methoxy groups -OCH3 is 2. The van der Waals surface area contributed by atoms with Crippen LogP contribution in [0.1, 0.15) is 34.8 Å². The summed E-state index contributed by atoms with van der Waals surface area (Å²) in [5.74, 6) is -2.42. The van der Waals surface area contributed by atoms with Crippen LogP contribution < -0.4 is 14.8 Å². The van der Waals surface area contributed by atoms with Crippen LogP contribution in [0.25, 0.3) is 0 Å². The van der Waals surface area contributed by atoms with Crippen molar-refractivity contribution in [1.82, 2.24) is 5.32 Å². The zero-order chi connectivity index (χ0) is 20.7. The van der Waals surface area contributed by atoms with Crippen molar-refractivity contribution in [2.24, 2.45) is 0 Å². The summed E-state index contributed by atoms with van der Waals surface area (Å²) < 4.78 is 23.6. The maximum atomic E-state index is 13.8. The van der Waals surface area contributed by atoms with E-state index in [9.17, 15) is 23.9 Å². The van der Waals surface area contributed by atoms with E-state index in [0.29, 0.717) is 11.3 Å². The highest BCUT2D eigenvalue weighted by molar-refractivity contribution is 5.98.